The van der Waals surface area contributed by atoms with Crippen molar-refractivity contribution in [1.29, 1.82) is 0 Å². The summed E-state index contributed by atoms with van der Waals surface area (Å²) >= 11 is 3.43. The third kappa shape index (κ3) is 2.98. The summed E-state index contributed by atoms with van der Waals surface area (Å²) in [4.78, 5) is 0. The minimum Gasteiger partial charge on any atom is -0.271 e. The van der Waals surface area contributed by atoms with E-state index < -0.39 is 0 Å². The number of nitrogens with zero attached hydrogens (tertiary/aromatic N) is 2. The summed E-state index contributed by atoms with van der Waals surface area (Å²) in [6, 6.07) is 10.4. The molecule has 3 N–H and O–H groups in total. The van der Waals surface area contributed by atoms with Crippen molar-refractivity contribution in [3.05, 3.63) is 51.8 Å². The van der Waals surface area contributed by atoms with Gasteiger partial charge in [-0.15, -0.1) is 0 Å². The molecule has 5 heteroatoms. The van der Waals surface area contributed by atoms with E-state index in [1.807, 2.05) is 30.8 Å². The Kier molecular flexibility index (Phi) is 4.16. The molecule has 0 aliphatic rings. The van der Waals surface area contributed by atoms with E-state index in [-0.39, 0.29) is 6.04 Å². The number of rotatable bonds is 4. The lowest BCUT2D eigenvalue weighted by atomic mass is 10.0. The normalized spacial score (nSPS) is 12.7. The van der Waals surface area contributed by atoms with E-state index in [2.05, 4.69) is 44.7 Å². The zero-order valence-electron chi connectivity index (χ0n) is 10.5. The van der Waals surface area contributed by atoms with Crippen LogP contribution in [0.4, 0.5) is 0 Å². The number of hydrogen-bond donors (Lipinski definition) is 2. The molecule has 0 spiro atoms. The van der Waals surface area contributed by atoms with Crippen LogP contribution in [0.25, 0.3) is 0 Å². The van der Waals surface area contributed by atoms with Crippen molar-refractivity contribution in [1.82, 2.24) is 15.2 Å². The van der Waals surface area contributed by atoms with Gasteiger partial charge in [0.15, 0.2) is 0 Å². The second kappa shape index (κ2) is 5.65. The summed E-state index contributed by atoms with van der Waals surface area (Å²) in [5.41, 5.74) is 6.20. The van der Waals surface area contributed by atoms with Crippen LogP contribution < -0.4 is 11.3 Å². The summed E-state index contributed by atoms with van der Waals surface area (Å²) < 4.78 is 2.96. The number of aryl methyl sites for hydroxylation is 2. The van der Waals surface area contributed by atoms with Gasteiger partial charge in [-0.05, 0) is 37.1 Å². The van der Waals surface area contributed by atoms with Gasteiger partial charge in [-0.1, -0.05) is 28.1 Å². The lowest BCUT2D eigenvalue weighted by Crippen LogP contribution is -2.31. The van der Waals surface area contributed by atoms with Crippen molar-refractivity contribution in [3.63, 3.8) is 0 Å². The number of benzene rings is 1. The molecule has 1 aromatic heterocycles. The van der Waals surface area contributed by atoms with E-state index in [4.69, 9.17) is 5.84 Å². The van der Waals surface area contributed by atoms with E-state index in [9.17, 15) is 0 Å². The van der Waals surface area contributed by atoms with E-state index in [1.165, 1.54) is 5.56 Å². The molecule has 0 aliphatic carbocycles. The first-order valence-electron chi connectivity index (χ1n) is 5.81. The van der Waals surface area contributed by atoms with Gasteiger partial charge in [0, 0.05) is 11.5 Å². The highest BCUT2D eigenvalue weighted by Gasteiger charge is 2.15. The van der Waals surface area contributed by atoms with Crippen LogP contribution >= 0.6 is 15.9 Å². The van der Waals surface area contributed by atoms with Crippen molar-refractivity contribution >= 4 is 15.9 Å². The van der Waals surface area contributed by atoms with E-state index >= 15 is 0 Å². The molecule has 0 aliphatic heterocycles. The zero-order chi connectivity index (χ0) is 13.1. The van der Waals surface area contributed by atoms with Gasteiger partial charge in [0.2, 0.25) is 0 Å². The minimum absolute atomic E-state index is 0.0670. The highest BCUT2D eigenvalue weighted by molar-refractivity contribution is 9.10. The maximum absolute atomic E-state index is 5.66. The average molecular weight is 309 g/mol. The Morgan fingerprint density at radius 3 is 2.56 bits per heavy atom. The Bertz CT molecular complexity index is 518. The second-order valence-corrected chi connectivity index (χ2v) is 5.30. The quantitative estimate of drug-likeness (QED) is 0.673. The smallest absolute Gasteiger partial charge is 0.0669 e. The molecule has 96 valence electrons. The number of hydrazine groups is 1. The molecule has 0 saturated heterocycles. The predicted octanol–water partition coefficient (Wildman–Crippen LogP) is 2.24. The predicted molar refractivity (Wildman–Crippen MR) is 75.9 cm³/mol. The van der Waals surface area contributed by atoms with Crippen molar-refractivity contribution < 1.29 is 0 Å². The molecular formula is C13H17BrN4. The standard InChI is InChI=1S/C13H17BrN4/c1-9-7-13(18(2)17-9)12(16-15)8-10-3-5-11(14)6-4-10/h3-7,12,16H,8,15H2,1-2H3. The number of nitrogens with two attached hydrogens (primary N) is 1. The van der Waals surface area contributed by atoms with Crippen LogP contribution in [0.3, 0.4) is 0 Å². The third-order valence-corrected chi connectivity index (χ3v) is 3.48. The largest absolute Gasteiger partial charge is 0.271 e. The maximum Gasteiger partial charge on any atom is 0.0669 e. The van der Waals surface area contributed by atoms with Gasteiger partial charge in [0.1, 0.15) is 0 Å². The SMILES string of the molecule is Cc1cc(C(Cc2ccc(Br)cc2)NN)n(C)n1. The summed E-state index contributed by atoms with van der Waals surface area (Å²) in [6.07, 6.45) is 0.836. The zero-order valence-corrected chi connectivity index (χ0v) is 12.1. The first-order valence-corrected chi connectivity index (χ1v) is 6.60. The fourth-order valence-corrected chi connectivity index (χ4v) is 2.33. The summed E-state index contributed by atoms with van der Waals surface area (Å²) in [6.45, 7) is 1.98. The molecule has 0 radical (unpaired) electrons. The molecule has 4 nitrogen and oxygen atoms in total. The number of hydrogen-bond acceptors (Lipinski definition) is 3. The van der Waals surface area contributed by atoms with Gasteiger partial charge >= 0.3 is 0 Å². The van der Waals surface area contributed by atoms with Gasteiger partial charge in [-0.2, -0.15) is 5.10 Å². The highest BCUT2D eigenvalue weighted by Crippen LogP contribution is 2.19. The van der Waals surface area contributed by atoms with E-state index in [0.29, 0.717) is 0 Å². The molecule has 0 amide bonds. The Morgan fingerprint density at radius 1 is 1.39 bits per heavy atom. The first-order chi connectivity index (χ1) is 8.60. The van der Waals surface area contributed by atoms with E-state index in [1.54, 1.807) is 0 Å². The lowest BCUT2D eigenvalue weighted by Gasteiger charge is -2.16. The van der Waals surface area contributed by atoms with Crippen molar-refractivity contribution in [2.45, 2.75) is 19.4 Å². The van der Waals surface area contributed by atoms with Gasteiger partial charge in [0.05, 0.1) is 17.4 Å². The van der Waals surface area contributed by atoms with Crippen LogP contribution in [0.2, 0.25) is 0 Å². The van der Waals surface area contributed by atoms with Crippen LogP contribution in [0.15, 0.2) is 34.8 Å². The topological polar surface area (TPSA) is 55.9 Å². The van der Waals surface area contributed by atoms with Crippen LogP contribution in [0.1, 0.15) is 23.0 Å². The summed E-state index contributed by atoms with van der Waals surface area (Å²) in [5.74, 6) is 5.66. The highest BCUT2D eigenvalue weighted by atomic mass is 79.9. The minimum atomic E-state index is 0.0670. The average Bonchev–Trinajstić information content (AvgIpc) is 2.68. The molecule has 1 aromatic carbocycles. The van der Waals surface area contributed by atoms with Crippen LogP contribution in [0.5, 0.6) is 0 Å². The lowest BCUT2D eigenvalue weighted by molar-refractivity contribution is 0.508. The van der Waals surface area contributed by atoms with Gasteiger partial charge < -0.3 is 0 Å². The first kappa shape index (κ1) is 13.3. The molecule has 18 heavy (non-hydrogen) atoms. The monoisotopic (exact) mass is 308 g/mol. The summed E-state index contributed by atoms with van der Waals surface area (Å²) in [7, 11) is 1.94. The van der Waals surface area contributed by atoms with Gasteiger partial charge in [-0.3, -0.25) is 16.0 Å². The second-order valence-electron chi connectivity index (χ2n) is 4.38. The van der Waals surface area contributed by atoms with Crippen molar-refractivity contribution in [2.75, 3.05) is 0 Å². The van der Waals surface area contributed by atoms with Crippen molar-refractivity contribution in [2.24, 2.45) is 12.9 Å². The Balaban J connectivity index is 2.19. The fraction of sp³-hybridized carbons (Fsp3) is 0.308. The van der Waals surface area contributed by atoms with Crippen LogP contribution in [-0.4, -0.2) is 9.78 Å². The number of nitrogens with one attached hydrogen (secondary N) is 1. The summed E-state index contributed by atoms with van der Waals surface area (Å²) in [5, 5.41) is 4.35. The molecule has 2 aromatic rings. The van der Waals surface area contributed by atoms with Gasteiger partial charge in [-0.25, -0.2) is 0 Å². The Hall–Kier alpha value is -1.17. The molecule has 0 fully saturated rings. The van der Waals surface area contributed by atoms with Crippen LogP contribution in [-0.2, 0) is 13.5 Å². The van der Waals surface area contributed by atoms with Gasteiger partial charge in [0.25, 0.3) is 0 Å². The fourth-order valence-electron chi connectivity index (χ4n) is 2.06. The maximum atomic E-state index is 5.66. The third-order valence-electron chi connectivity index (χ3n) is 2.95. The molecule has 1 atom stereocenters. The van der Waals surface area contributed by atoms with Crippen molar-refractivity contribution in [3.8, 4) is 0 Å². The number of aromatic nitrogens is 2. The Morgan fingerprint density at radius 2 is 2.06 bits per heavy atom. The van der Waals surface area contributed by atoms with Crippen LogP contribution in [0, 0.1) is 6.92 Å². The molecule has 2 rings (SSSR count). The molecule has 1 heterocycles. The molecular weight excluding hydrogens is 292 g/mol. The molecule has 0 saturated carbocycles. The molecule has 1 unspecified atom stereocenters. The van der Waals surface area contributed by atoms with E-state index in [0.717, 1.165) is 22.3 Å². The Labute approximate surface area is 115 Å². The molecule has 0 bridgehead atoms. The number of halogens is 1.